The van der Waals surface area contributed by atoms with Gasteiger partial charge in [0.15, 0.2) is 6.29 Å². The number of unbranched alkanes of at least 4 members (excludes halogenated alkanes) is 19. The third kappa shape index (κ3) is 23.6. The Morgan fingerprint density at radius 2 is 1.11 bits per heavy atom. The van der Waals surface area contributed by atoms with Gasteiger partial charge in [-0.1, -0.05) is 147 Å². The molecule has 11 heteroatoms. The molecule has 1 saturated heterocycles. The van der Waals surface area contributed by atoms with E-state index in [0.29, 0.717) is 19.3 Å². The van der Waals surface area contributed by atoms with Gasteiger partial charge in [0.05, 0.1) is 25.4 Å². The number of carbonyl (C=O) groups excluding carboxylic acids is 1. The van der Waals surface area contributed by atoms with Crippen LogP contribution in [-0.2, 0) is 14.3 Å². The van der Waals surface area contributed by atoms with Crippen molar-refractivity contribution in [3.8, 4) is 0 Å². The summed E-state index contributed by atoms with van der Waals surface area (Å²) in [5.41, 5.74) is 0. The van der Waals surface area contributed by atoms with Crippen molar-refractivity contribution in [2.45, 2.75) is 229 Å². The van der Waals surface area contributed by atoms with Gasteiger partial charge in [-0.05, 0) is 51.4 Å². The minimum atomic E-state index is -1.67. The third-order valence-corrected chi connectivity index (χ3v) is 10.5. The highest BCUT2D eigenvalue weighted by Crippen LogP contribution is 2.23. The van der Waals surface area contributed by atoms with Gasteiger partial charge in [-0.2, -0.15) is 0 Å². The van der Waals surface area contributed by atoms with Crippen LogP contribution in [0.5, 0.6) is 0 Å². The Morgan fingerprint density at radius 1 is 0.630 bits per heavy atom. The lowest BCUT2D eigenvalue weighted by Gasteiger charge is -2.40. The number of ether oxygens (including phenoxy) is 2. The normalized spacial score (nSPS) is 22.9. The van der Waals surface area contributed by atoms with Crippen molar-refractivity contribution >= 4 is 5.91 Å². The summed E-state index contributed by atoms with van der Waals surface area (Å²) in [4.78, 5) is 13.0. The first kappa shape index (κ1) is 50.6. The van der Waals surface area contributed by atoms with Gasteiger partial charge in [-0.3, -0.25) is 4.79 Å². The summed E-state index contributed by atoms with van der Waals surface area (Å²) in [6.45, 7) is 3.38. The lowest BCUT2D eigenvalue weighted by atomic mass is 9.98. The number of carbonyl (C=O) groups is 1. The average molecular weight is 772 g/mol. The number of allylic oxidation sites excluding steroid dienone is 4. The molecule has 0 radical (unpaired) electrons. The van der Waals surface area contributed by atoms with Gasteiger partial charge in [-0.15, -0.1) is 0 Å². The lowest BCUT2D eigenvalue weighted by Crippen LogP contribution is -2.60. The molecule has 8 N–H and O–H groups in total. The lowest BCUT2D eigenvalue weighted by molar-refractivity contribution is -0.303. The van der Waals surface area contributed by atoms with E-state index in [2.05, 4.69) is 43.5 Å². The Bertz CT molecular complexity index is 934. The Morgan fingerprint density at radius 3 is 1.65 bits per heavy atom. The number of hydrogen-bond acceptors (Lipinski definition) is 10. The monoisotopic (exact) mass is 772 g/mol. The maximum absolute atomic E-state index is 13.0. The van der Waals surface area contributed by atoms with Gasteiger partial charge in [0, 0.05) is 0 Å². The molecule has 1 aliphatic rings. The summed E-state index contributed by atoms with van der Waals surface area (Å²) in [6, 6.07) is -1.18. The first-order valence-electron chi connectivity index (χ1n) is 21.7. The van der Waals surface area contributed by atoms with Crippen molar-refractivity contribution in [3.63, 3.8) is 0 Å². The van der Waals surface area contributed by atoms with Crippen molar-refractivity contribution in [1.29, 1.82) is 0 Å². The maximum Gasteiger partial charge on any atom is 0.249 e. The fourth-order valence-electron chi connectivity index (χ4n) is 6.81. The fraction of sp³-hybridized carbons (Fsp3) is 0.884. The molecule has 0 saturated carbocycles. The van der Waals surface area contributed by atoms with E-state index in [4.69, 9.17) is 9.47 Å². The van der Waals surface area contributed by atoms with Gasteiger partial charge in [0.1, 0.15) is 36.6 Å². The Hall–Kier alpha value is -1.41. The van der Waals surface area contributed by atoms with E-state index in [1.165, 1.54) is 89.9 Å². The number of nitrogens with one attached hydrogen (secondary N) is 1. The average Bonchev–Trinajstić information content (AvgIpc) is 3.17. The summed E-state index contributed by atoms with van der Waals surface area (Å²) >= 11 is 0. The molecule has 54 heavy (non-hydrogen) atoms. The van der Waals surface area contributed by atoms with Crippen LogP contribution in [0.25, 0.3) is 0 Å². The molecule has 1 fully saturated rings. The van der Waals surface area contributed by atoms with E-state index in [1.54, 1.807) is 0 Å². The van der Waals surface area contributed by atoms with Crippen LogP contribution < -0.4 is 5.32 Å². The highest BCUT2D eigenvalue weighted by molar-refractivity contribution is 5.80. The van der Waals surface area contributed by atoms with Crippen LogP contribution in [0.2, 0.25) is 0 Å². The predicted octanol–water partition coefficient (Wildman–Crippen LogP) is 6.28. The minimum absolute atomic E-state index is 0.248. The van der Waals surface area contributed by atoms with Crippen molar-refractivity contribution in [3.05, 3.63) is 24.3 Å². The van der Waals surface area contributed by atoms with Crippen LogP contribution in [0.1, 0.15) is 174 Å². The van der Waals surface area contributed by atoms with Crippen LogP contribution in [0, 0.1) is 0 Å². The number of aliphatic hydroxyl groups excluding tert-OH is 7. The second kappa shape index (κ2) is 33.7. The van der Waals surface area contributed by atoms with Crippen LogP contribution in [0.4, 0.5) is 0 Å². The molecule has 0 aromatic carbocycles. The first-order valence-corrected chi connectivity index (χ1v) is 21.7. The molecule has 11 nitrogen and oxygen atoms in total. The second-order valence-corrected chi connectivity index (χ2v) is 15.4. The summed E-state index contributed by atoms with van der Waals surface area (Å²) < 4.78 is 11.0. The molecule has 0 aliphatic carbocycles. The quantitative estimate of drug-likeness (QED) is 0.0269. The molecule has 0 spiro atoms. The zero-order chi connectivity index (χ0) is 39.8. The third-order valence-electron chi connectivity index (χ3n) is 10.5. The highest BCUT2D eigenvalue weighted by Gasteiger charge is 2.44. The zero-order valence-electron chi connectivity index (χ0n) is 34.0. The molecule has 0 aromatic rings. The van der Waals surface area contributed by atoms with Gasteiger partial charge in [0.2, 0.25) is 5.91 Å². The van der Waals surface area contributed by atoms with E-state index >= 15 is 0 Å². The largest absolute Gasteiger partial charge is 0.394 e. The van der Waals surface area contributed by atoms with E-state index in [0.717, 1.165) is 38.5 Å². The standard InChI is InChI=1S/C43H81NO10/c1-3-5-7-9-11-13-15-16-17-18-19-21-22-24-26-28-30-35(46)38(48)34(33-53-43-41(51)40(50)39(49)37(32-45)54-43)44-42(52)36(47)31-29-27-25-23-20-14-12-10-8-6-4-2/h17-18,22,24,34-41,43,45-51H,3-16,19-21,23,25-33H2,1-2H3,(H,44,52)/b18-17+,24-22+. The van der Waals surface area contributed by atoms with E-state index in [9.17, 15) is 40.5 Å². The Kier molecular flexibility index (Phi) is 31.6. The Balaban J connectivity index is 2.54. The number of amides is 1. The van der Waals surface area contributed by atoms with Gasteiger partial charge >= 0.3 is 0 Å². The van der Waals surface area contributed by atoms with Gasteiger partial charge in [-0.25, -0.2) is 0 Å². The van der Waals surface area contributed by atoms with Crippen LogP contribution >= 0.6 is 0 Å². The topological polar surface area (TPSA) is 189 Å². The predicted molar refractivity (Wildman–Crippen MR) is 215 cm³/mol. The van der Waals surface area contributed by atoms with E-state index in [-0.39, 0.29) is 12.8 Å². The van der Waals surface area contributed by atoms with E-state index in [1.807, 2.05) is 0 Å². The van der Waals surface area contributed by atoms with Crippen LogP contribution in [-0.4, -0.2) is 110 Å². The summed E-state index contributed by atoms with van der Waals surface area (Å²) in [5, 5.41) is 75.4. The molecule has 9 unspecified atom stereocenters. The molecule has 1 rings (SSSR count). The van der Waals surface area contributed by atoms with Crippen LogP contribution in [0.15, 0.2) is 24.3 Å². The molecule has 0 bridgehead atoms. The Labute approximate surface area is 327 Å². The molecule has 9 atom stereocenters. The molecule has 1 aliphatic heterocycles. The first-order chi connectivity index (χ1) is 26.2. The molecule has 1 heterocycles. The number of aliphatic hydroxyl groups is 7. The van der Waals surface area contributed by atoms with Gasteiger partial charge in [0.25, 0.3) is 0 Å². The summed E-state index contributed by atoms with van der Waals surface area (Å²) in [7, 11) is 0. The van der Waals surface area contributed by atoms with Crippen molar-refractivity contribution < 1.29 is 50.0 Å². The van der Waals surface area contributed by atoms with Crippen molar-refractivity contribution in [2.75, 3.05) is 13.2 Å². The summed E-state index contributed by atoms with van der Waals surface area (Å²) in [6.07, 6.45) is 23.8. The highest BCUT2D eigenvalue weighted by atomic mass is 16.7. The summed E-state index contributed by atoms with van der Waals surface area (Å²) in [5.74, 6) is -0.713. The molecule has 318 valence electrons. The number of hydrogen-bond donors (Lipinski definition) is 8. The second-order valence-electron chi connectivity index (χ2n) is 15.4. The smallest absolute Gasteiger partial charge is 0.249 e. The zero-order valence-corrected chi connectivity index (χ0v) is 34.0. The molecule has 0 aromatic heterocycles. The number of rotatable bonds is 35. The molecular formula is C43H81NO10. The van der Waals surface area contributed by atoms with E-state index < -0.39 is 74.2 Å². The van der Waals surface area contributed by atoms with Gasteiger partial charge < -0.3 is 50.5 Å². The molecule has 1 amide bonds. The van der Waals surface area contributed by atoms with Crippen molar-refractivity contribution in [1.82, 2.24) is 5.32 Å². The van der Waals surface area contributed by atoms with Crippen molar-refractivity contribution in [2.24, 2.45) is 0 Å². The van der Waals surface area contributed by atoms with Crippen LogP contribution in [0.3, 0.4) is 0 Å². The maximum atomic E-state index is 13.0. The SMILES string of the molecule is CCCCCCCCC/C=C/CC/C=C/CCCC(O)C(O)C(COC1OC(CO)C(O)C(O)C1O)NC(=O)C(O)CCCCCCCCCCCCC. The molecular weight excluding hydrogens is 690 g/mol. The fourth-order valence-corrected chi connectivity index (χ4v) is 6.81. The minimum Gasteiger partial charge on any atom is -0.394 e.